The van der Waals surface area contributed by atoms with Crippen LogP contribution in [-0.4, -0.2) is 74.0 Å². The van der Waals surface area contributed by atoms with Crippen LogP contribution in [0.2, 0.25) is 0 Å². The normalized spacial score (nSPS) is 24.3. The number of carbonyl (C=O) groups excluding carboxylic acids is 2. The summed E-state index contributed by atoms with van der Waals surface area (Å²) in [6, 6.07) is 0.647. The van der Waals surface area contributed by atoms with Gasteiger partial charge < -0.3 is 15.5 Å². The third-order valence-corrected chi connectivity index (χ3v) is 4.48. The summed E-state index contributed by atoms with van der Waals surface area (Å²) in [6.45, 7) is 6.34. The molecule has 2 unspecified atom stereocenters. The number of nitrogens with zero attached hydrogens (tertiary/aromatic N) is 2. The van der Waals surface area contributed by atoms with Gasteiger partial charge in [-0.25, -0.2) is 0 Å². The number of halogens is 1. The standard InChI is InChI=1S/C15H28N4O2.ClH/c1-3-6-17-14(20)10-18(2)15(21)11-19-8-5-13-12(9-19)4-7-16-13;/h12-13,16H,3-11H2,1-2H3,(H,17,20);1H. The first kappa shape index (κ1) is 19.2. The second-order valence-corrected chi connectivity index (χ2v) is 6.23. The summed E-state index contributed by atoms with van der Waals surface area (Å²) in [6.07, 6.45) is 3.25. The van der Waals surface area contributed by atoms with Crippen molar-refractivity contribution in [3.63, 3.8) is 0 Å². The number of hydrogen-bond donors (Lipinski definition) is 2. The van der Waals surface area contributed by atoms with Crippen molar-refractivity contribution in [1.82, 2.24) is 20.4 Å². The highest BCUT2D eigenvalue weighted by atomic mass is 35.5. The molecule has 2 aliphatic heterocycles. The quantitative estimate of drug-likeness (QED) is 0.723. The van der Waals surface area contributed by atoms with Gasteiger partial charge in [0, 0.05) is 32.7 Å². The van der Waals surface area contributed by atoms with Crippen molar-refractivity contribution >= 4 is 24.2 Å². The van der Waals surface area contributed by atoms with Gasteiger partial charge in [0.05, 0.1) is 13.1 Å². The van der Waals surface area contributed by atoms with Crippen molar-refractivity contribution in [2.45, 2.75) is 32.2 Å². The maximum Gasteiger partial charge on any atom is 0.239 e. The highest BCUT2D eigenvalue weighted by Crippen LogP contribution is 2.24. The number of rotatable bonds is 6. The zero-order chi connectivity index (χ0) is 15.2. The Morgan fingerprint density at radius 1 is 1.36 bits per heavy atom. The first-order chi connectivity index (χ1) is 10.1. The lowest BCUT2D eigenvalue weighted by molar-refractivity contribution is -0.136. The molecular weight excluding hydrogens is 304 g/mol. The minimum absolute atomic E-state index is 0. The first-order valence-corrected chi connectivity index (χ1v) is 8.06. The van der Waals surface area contributed by atoms with E-state index < -0.39 is 0 Å². The lowest BCUT2D eigenvalue weighted by Crippen LogP contribution is -2.49. The molecule has 0 aromatic heterocycles. The molecule has 2 aliphatic rings. The van der Waals surface area contributed by atoms with Crippen LogP contribution in [0.5, 0.6) is 0 Å². The van der Waals surface area contributed by atoms with Gasteiger partial charge in [0.1, 0.15) is 0 Å². The Hall–Kier alpha value is -0.850. The highest BCUT2D eigenvalue weighted by Gasteiger charge is 2.33. The van der Waals surface area contributed by atoms with Gasteiger partial charge in [-0.05, 0) is 31.7 Å². The van der Waals surface area contributed by atoms with Gasteiger partial charge >= 0.3 is 0 Å². The molecule has 0 bridgehead atoms. The first-order valence-electron chi connectivity index (χ1n) is 8.06. The SMILES string of the molecule is CCCNC(=O)CN(C)C(=O)CN1CCC2NCCC2C1.Cl. The molecule has 2 heterocycles. The summed E-state index contributed by atoms with van der Waals surface area (Å²) in [4.78, 5) is 27.6. The molecule has 6 nitrogen and oxygen atoms in total. The number of hydrogen-bond acceptors (Lipinski definition) is 4. The maximum atomic E-state index is 12.2. The van der Waals surface area contributed by atoms with Crippen molar-refractivity contribution in [2.24, 2.45) is 5.92 Å². The Balaban J connectivity index is 0.00000242. The van der Waals surface area contributed by atoms with Crippen molar-refractivity contribution in [3.05, 3.63) is 0 Å². The number of amides is 2. The Bertz CT molecular complexity index is 381. The lowest BCUT2D eigenvalue weighted by atomic mass is 9.93. The van der Waals surface area contributed by atoms with E-state index in [9.17, 15) is 9.59 Å². The number of likely N-dealkylation sites (tertiary alicyclic amines) is 1. The summed E-state index contributed by atoms with van der Waals surface area (Å²) in [5.41, 5.74) is 0. The van der Waals surface area contributed by atoms with Crippen LogP contribution in [0.15, 0.2) is 0 Å². The molecule has 0 aromatic rings. The van der Waals surface area contributed by atoms with Crippen LogP contribution in [0.4, 0.5) is 0 Å². The van der Waals surface area contributed by atoms with E-state index in [2.05, 4.69) is 15.5 Å². The summed E-state index contributed by atoms with van der Waals surface area (Å²) in [5, 5.41) is 6.32. The molecule has 0 radical (unpaired) electrons. The molecule has 2 fully saturated rings. The fourth-order valence-corrected chi connectivity index (χ4v) is 3.20. The van der Waals surface area contributed by atoms with Gasteiger partial charge in [-0.2, -0.15) is 0 Å². The average Bonchev–Trinajstić information content (AvgIpc) is 2.92. The highest BCUT2D eigenvalue weighted by molar-refractivity contribution is 5.85. The second-order valence-electron chi connectivity index (χ2n) is 6.23. The average molecular weight is 333 g/mol. The van der Waals surface area contributed by atoms with Gasteiger partial charge in [-0.3, -0.25) is 14.5 Å². The van der Waals surface area contributed by atoms with Gasteiger partial charge in [-0.1, -0.05) is 6.92 Å². The van der Waals surface area contributed by atoms with Crippen LogP contribution < -0.4 is 10.6 Å². The molecule has 2 saturated heterocycles. The van der Waals surface area contributed by atoms with Crippen LogP contribution in [0, 0.1) is 5.92 Å². The molecule has 0 saturated carbocycles. The van der Waals surface area contributed by atoms with Gasteiger partial charge in [0.2, 0.25) is 11.8 Å². The largest absolute Gasteiger partial charge is 0.355 e. The fourth-order valence-electron chi connectivity index (χ4n) is 3.20. The van der Waals surface area contributed by atoms with Crippen molar-refractivity contribution in [3.8, 4) is 0 Å². The van der Waals surface area contributed by atoms with Gasteiger partial charge in [-0.15, -0.1) is 12.4 Å². The van der Waals surface area contributed by atoms with Gasteiger partial charge in [0.25, 0.3) is 0 Å². The third kappa shape index (κ3) is 5.41. The molecule has 0 aliphatic carbocycles. The van der Waals surface area contributed by atoms with E-state index in [4.69, 9.17) is 0 Å². The predicted molar refractivity (Wildman–Crippen MR) is 89.1 cm³/mol. The molecule has 2 N–H and O–H groups in total. The molecule has 0 spiro atoms. The fraction of sp³-hybridized carbons (Fsp3) is 0.867. The number of piperidine rings is 1. The predicted octanol–water partition coefficient (Wildman–Crippen LogP) is 0.0766. The molecule has 0 aromatic carbocycles. The smallest absolute Gasteiger partial charge is 0.239 e. The van der Waals surface area contributed by atoms with E-state index in [-0.39, 0.29) is 30.8 Å². The topological polar surface area (TPSA) is 64.7 Å². The van der Waals surface area contributed by atoms with Crippen molar-refractivity contribution in [2.75, 3.05) is 46.3 Å². The Kier molecular flexibility index (Phi) is 8.14. The van der Waals surface area contributed by atoms with E-state index in [1.54, 1.807) is 7.05 Å². The van der Waals surface area contributed by atoms with Crippen LogP contribution >= 0.6 is 12.4 Å². The Morgan fingerprint density at radius 2 is 2.14 bits per heavy atom. The third-order valence-electron chi connectivity index (χ3n) is 4.48. The van der Waals surface area contributed by atoms with Gasteiger partial charge in [0.15, 0.2) is 0 Å². The molecule has 2 atom stereocenters. The monoisotopic (exact) mass is 332 g/mol. The summed E-state index contributed by atoms with van der Waals surface area (Å²) in [7, 11) is 1.71. The van der Waals surface area contributed by atoms with Crippen molar-refractivity contribution in [1.29, 1.82) is 0 Å². The molecule has 128 valence electrons. The minimum Gasteiger partial charge on any atom is -0.355 e. The number of nitrogens with one attached hydrogen (secondary N) is 2. The number of fused-ring (bicyclic) bond motifs is 1. The Labute approximate surface area is 139 Å². The molecule has 2 amide bonds. The van der Waals surface area contributed by atoms with E-state index in [0.717, 1.165) is 32.5 Å². The number of carbonyl (C=O) groups is 2. The van der Waals surface area contributed by atoms with Crippen LogP contribution in [0.25, 0.3) is 0 Å². The van der Waals surface area contributed by atoms with E-state index in [0.29, 0.717) is 25.0 Å². The maximum absolute atomic E-state index is 12.2. The van der Waals surface area contributed by atoms with E-state index in [1.165, 1.54) is 11.3 Å². The van der Waals surface area contributed by atoms with E-state index in [1.807, 2.05) is 6.92 Å². The number of likely N-dealkylation sites (N-methyl/N-ethyl adjacent to an activating group) is 1. The molecule has 22 heavy (non-hydrogen) atoms. The lowest BCUT2D eigenvalue weighted by Gasteiger charge is -2.35. The van der Waals surface area contributed by atoms with Crippen LogP contribution in [0.1, 0.15) is 26.2 Å². The zero-order valence-corrected chi connectivity index (χ0v) is 14.5. The van der Waals surface area contributed by atoms with E-state index >= 15 is 0 Å². The minimum atomic E-state index is -0.0774. The van der Waals surface area contributed by atoms with Crippen molar-refractivity contribution < 1.29 is 9.59 Å². The molecular formula is C15H29ClN4O2. The molecule has 2 rings (SSSR count). The summed E-state index contributed by atoms with van der Waals surface area (Å²) < 4.78 is 0. The summed E-state index contributed by atoms with van der Waals surface area (Å²) >= 11 is 0. The van der Waals surface area contributed by atoms with Crippen LogP contribution in [0.3, 0.4) is 0 Å². The molecule has 7 heteroatoms. The zero-order valence-electron chi connectivity index (χ0n) is 13.6. The second kappa shape index (κ2) is 9.33. The van der Waals surface area contributed by atoms with Crippen LogP contribution in [-0.2, 0) is 9.59 Å². The summed E-state index contributed by atoms with van der Waals surface area (Å²) in [5.74, 6) is 0.641. The Morgan fingerprint density at radius 3 is 2.86 bits per heavy atom.